The fourth-order valence-electron chi connectivity index (χ4n) is 3.05. The van der Waals surface area contributed by atoms with Crippen molar-refractivity contribution in [2.45, 2.75) is 18.9 Å². The Morgan fingerprint density at radius 1 is 1.31 bits per heavy atom. The number of ether oxygens (including phenoxy) is 1. The second-order valence-corrected chi connectivity index (χ2v) is 7.60. The topological polar surface area (TPSA) is 78.0 Å². The monoisotopic (exact) mass is 379 g/mol. The molecule has 3 rings (SSSR count). The molecule has 0 spiro atoms. The second-order valence-electron chi connectivity index (χ2n) is 6.62. The van der Waals surface area contributed by atoms with Crippen LogP contribution in [0.1, 0.15) is 23.8 Å². The summed E-state index contributed by atoms with van der Waals surface area (Å²) >= 11 is 1.79. The van der Waals surface area contributed by atoms with Crippen molar-refractivity contribution in [1.82, 2.24) is 20.9 Å². The highest BCUT2D eigenvalue weighted by molar-refractivity contribution is 7.10. The number of guanidine groups is 1. The van der Waals surface area contributed by atoms with Gasteiger partial charge >= 0.3 is 0 Å². The van der Waals surface area contributed by atoms with E-state index in [1.165, 1.54) is 4.88 Å². The molecule has 1 saturated carbocycles. The van der Waals surface area contributed by atoms with Gasteiger partial charge in [-0.1, -0.05) is 6.07 Å². The van der Waals surface area contributed by atoms with Crippen molar-refractivity contribution in [3.05, 3.63) is 22.4 Å². The lowest BCUT2D eigenvalue weighted by Gasteiger charge is -2.34. The molecule has 2 heterocycles. The second kappa shape index (κ2) is 9.89. The number of morpholine rings is 1. The number of aliphatic imine (C=N–C) groups is 1. The van der Waals surface area contributed by atoms with Crippen molar-refractivity contribution >= 4 is 23.2 Å². The number of rotatable bonds is 8. The van der Waals surface area contributed by atoms with Gasteiger partial charge in [0.25, 0.3) is 0 Å². The molecule has 3 N–H and O–H groups in total. The zero-order valence-electron chi connectivity index (χ0n) is 15.4. The molecule has 0 aromatic carbocycles. The molecule has 1 amide bonds. The molecule has 1 aliphatic heterocycles. The van der Waals surface area contributed by atoms with Gasteiger partial charge in [0.2, 0.25) is 5.91 Å². The zero-order chi connectivity index (χ0) is 18.2. The average molecular weight is 380 g/mol. The maximum Gasteiger partial charge on any atom is 0.223 e. The van der Waals surface area contributed by atoms with Crippen LogP contribution >= 0.6 is 11.3 Å². The average Bonchev–Trinajstić information content (AvgIpc) is 3.40. The van der Waals surface area contributed by atoms with Gasteiger partial charge in [-0.3, -0.25) is 14.7 Å². The van der Waals surface area contributed by atoms with Crippen molar-refractivity contribution in [3.8, 4) is 0 Å². The Hall–Kier alpha value is -1.64. The van der Waals surface area contributed by atoms with E-state index < -0.39 is 0 Å². The van der Waals surface area contributed by atoms with Crippen LogP contribution in [0.2, 0.25) is 0 Å². The lowest BCUT2D eigenvalue weighted by Crippen LogP contribution is -2.47. The third kappa shape index (κ3) is 5.69. The van der Waals surface area contributed by atoms with Crippen LogP contribution in [0, 0.1) is 5.92 Å². The fourth-order valence-corrected chi connectivity index (χ4v) is 3.91. The minimum Gasteiger partial charge on any atom is -0.379 e. The molecule has 8 heteroatoms. The van der Waals surface area contributed by atoms with Crippen LogP contribution in [-0.2, 0) is 9.53 Å². The number of hydrogen-bond acceptors (Lipinski definition) is 5. The third-order valence-corrected chi connectivity index (χ3v) is 5.68. The lowest BCUT2D eigenvalue weighted by molar-refractivity contribution is -0.122. The molecule has 0 radical (unpaired) electrons. The standard InChI is InChI=1S/C18H29N5O2S/c1-19-18(21-7-6-20-17(24)14-4-5-14)22-13-15(16-3-2-12-26-16)23-8-10-25-11-9-23/h2-3,12,14-15H,4-11,13H2,1H3,(H,20,24)(H2,19,21,22). The van der Waals surface area contributed by atoms with Crippen LogP contribution in [0.4, 0.5) is 0 Å². The molecular weight excluding hydrogens is 350 g/mol. The number of carbonyl (C=O) groups excluding carboxylic acids is 1. The quantitative estimate of drug-likeness (QED) is 0.354. The molecule has 2 fully saturated rings. The number of carbonyl (C=O) groups is 1. The number of hydrogen-bond donors (Lipinski definition) is 3. The molecular formula is C18H29N5O2S. The summed E-state index contributed by atoms with van der Waals surface area (Å²) in [7, 11) is 1.77. The Morgan fingerprint density at radius 2 is 2.08 bits per heavy atom. The van der Waals surface area contributed by atoms with Crippen molar-refractivity contribution in [2.75, 3.05) is 53.0 Å². The van der Waals surface area contributed by atoms with Gasteiger partial charge in [0.1, 0.15) is 0 Å². The molecule has 2 aliphatic rings. The van der Waals surface area contributed by atoms with Crippen LogP contribution < -0.4 is 16.0 Å². The first-order valence-electron chi connectivity index (χ1n) is 9.35. The molecule has 144 valence electrons. The van der Waals surface area contributed by atoms with E-state index in [4.69, 9.17) is 4.74 Å². The first-order valence-corrected chi connectivity index (χ1v) is 10.2. The Morgan fingerprint density at radius 3 is 2.73 bits per heavy atom. The number of nitrogens with zero attached hydrogens (tertiary/aromatic N) is 2. The normalized spacial score (nSPS) is 19.8. The summed E-state index contributed by atoms with van der Waals surface area (Å²) in [5.41, 5.74) is 0. The lowest BCUT2D eigenvalue weighted by atomic mass is 10.2. The summed E-state index contributed by atoms with van der Waals surface area (Å²) in [5, 5.41) is 11.8. The molecule has 1 aromatic heterocycles. The van der Waals surface area contributed by atoms with Gasteiger partial charge in [0.15, 0.2) is 5.96 Å². The van der Waals surface area contributed by atoms with Gasteiger partial charge in [0, 0.05) is 50.6 Å². The molecule has 0 bridgehead atoms. The van der Waals surface area contributed by atoms with E-state index in [2.05, 4.69) is 43.4 Å². The Bertz CT molecular complexity index is 582. The minimum atomic E-state index is 0.180. The van der Waals surface area contributed by atoms with Gasteiger partial charge in [-0.2, -0.15) is 0 Å². The first kappa shape index (κ1) is 19.1. The zero-order valence-corrected chi connectivity index (χ0v) is 16.2. The van der Waals surface area contributed by atoms with Crippen molar-refractivity contribution < 1.29 is 9.53 Å². The largest absolute Gasteiger partial charge is 0.379 e. The summed E-state index contributed by atoms with van der Waals surface area (Å²) in [6.07, 6.45) is 2.07. The molecule has 26 heavy (non-hydrogen) atoms. The first-order chi connectivity index (χ1) is 12.8. The van der Waals surface area contributed by atoms with Gasteiger partial charge in [-0.15, -0.1) is 11.3 Å². The molecule has 1 saturated heterocycles. The number of thiophene rings is 1. The Kier molecular flexibility index (Phi) is 7.28. The Labute approximate surface area is 159 Å². The van der Waals surface area contributed by atoms with E-state index in [-0.39, 0.29) is 11.8 Å². The number of amides is 1. The van der Waals surface area contributed by atoms with Crippen LogP contribution in [-0.4, -0.2) is 69.8 Å². The highest BCUT2D eigenvalue weighted by atomic mass is 32.1. The predicted octanol–water partition coefficient (Wildman–Crippen LogP) is 0.813. The molecule has 1 unspecified atom stereocenters. The minimum absolute atomic E-state index is 0.180. The van der Waals surface area contributed by atoms with Crippen molar-refractivity contribution in [1.29, 1.82) is 0 Å². The molecule has 7 nitrogen and oxygen atoms in total. The summed E-state index contributed by atoms with van der Waals surface area (Å²) in [6.45, 7) is 5.54. The van der Waals surface area contributed by atoms with Crippen LogP contribution in [0.15, 0.2) is 22.5 Å². The summed E-state index contributed by atoms with van der Waals surface area (Å²) < 4.78 is 5.49. The summed E-state index contributed by atoms with van der Waals surface area (Å²) in [6, 6.07) is 4.60. The van der Waals surface area contributed by atoms with E-state index in [1.807, 2.05) is 0 Å². The van der Waals surface area contributed by atoms with E-state index in [1.54, 1.807) is 18.4 Å². The smallest absolute Gasteiger partial charge is 0.223 e. The summed E-state index contributed by atoms with van der Waals surface area (Å²) in [4.78, 5) is 19.8. The van der Waals surface area contributed by atoms with E-state index in [0.29, 0.717) is 19.1 Å². The van der Waals surface area contributed by atoms with Crippen LogP contribution in [0.25, 0.3) is 0 Å². The molecule has 1 aromatic rings. The van der Waals surface area contributed by atoms with Gasteiger partial charge < -0.3 is 20.7 Å². The predicted molar refractivity (Wildman–Crippen MR) is 105 cm³/mol. The van der Waals surface area contributed by atoms with Gasteiger partial charge in [0.05, 0.1) is 19.3 Å². The highest BCUT2D eigenvalue weighted by Crippen LogP contribution is 2.28. The van der Waals surface area contributed by atoms with E-state index in [9.17, 15) is 4.79 Å². The van der Waals surface area contributed by atoms with Crippen LogP contribution in [0.5, 0.6) is 0 Å². The molecule has 1 atom stereocenters. The van der Waals surface area contributed by atoms with Gasteiger partial charge in [-0.05, 0) is 24.3 Å². The van der Waals surface area contributed by atoms with Crippen LogP contribution in [0.3, 0.4) is 0 Å². The highest BCUT2D eigenvalue weighted by Gasteiger charge is 2.29. The summed E-state index contributed by atoms with van der Waals surface area (Å²) in [5.74, 6) is 1.20. The van der Waals surface area contributed by atoms with Crippen molar-refractivity contribution in [2.24, 2.45) is 10.9 Å². The fraction of sp³-hybridized carbons (Fsp3) is 0.667. The third-order valence-electron chi connectivity index (χ3n) is 4.71. The SMILES string of the molecule is CN=C(NCCNC(=O)C1CC1)NCC(c1cccs1)N1CCOCC1. The van der Waals surface area contributed by atoms with E-state index in [0.717, 1.165) is 51.6 Å². The Balaban J connectivity index is 1.44. The number of nitrogens with one attached hydrogen (secondary N) is 3. The molecule has 1 aliphatic carbocycles. The van der Waals surface area contributed by atoms with Crippen molar-refractivity contribution in [3.63, 3.8) is 0 Å². The van der Waals surface area contributed by atoms with E-state index >= 15 is 0 Å². The maximum atomic E-state index is 11.6. The van der Waals surface area contributed by atoms with Gasteiger partial charge in [-0.25, -0.2) is 0 Å². The maximum absolute atomic E-state index is 11.6.